The van der Waals surface area contributed by atoms with Crippen molar-refractivity contribution >= 4 is 27.6 Å². The number of rotatable bonds is 11. The van der Waals surface area contributed by atoms with Crippen LogP contribution in [0.15, 0.2) is 18.7 Å². The molecular formula is C22H29ClN8O6S. The summed E-state index contributed by atoms with van der Waals surface area (Å²) in [4.78, 5) is 16.6. The van der Waals surface area contributed by atoms with E-state index in [1.807, 2.05) is 0 Å². The first kappa shape index (κ1) is 27.9. The number of anilines is 1. The molecule has 3 aromatic heterocycles. The fourth-order valence-corrected chi connectivity index (χ4v) is 5.66. The van der Waals surface area contributed by atoms with Crippen LogP contribution in [0.1, 0.15) is 49.9 Å². The quantitative estimate of drug-likeness (QED) is 0.359. The van der Waals surface area contributed by atoms with Crippen molar-refractivity contribution in [3.63, 3.8) is 0 Å². The van der Waals surface area contributed by atoms with Crippen molar-refractivity contribution < 1.29 is 27.4 Å². The summed E-state index contributed by atoms with van der Waals surface area (Å²) in [5.74, 6) is 0.783. The number of methoxy groups -OCH3 is 4. The molecule has 2 unspecified atom stereocenters. The molecule has 1 aliphatic rings. The molecule has 0 bridgehead atoms. The van der Waals surface area contributed by atoms with Gasteiger partial charge in [-0.05, 0) is 26.2 Å². The third kappa shape index (κ3) is 5.50. The predicted molar refractivity (Wildman–Crippen MR) is 136 cm³/mol. The zero-order chi connectivity index (χ0) is 27.4. The Balaban J connectivity index is 1.78. The third-order valence-corrected chi connectivity index (χ3v) is 8.32. The Kier molecular flexibility index (Phi) is 8.60. The van der Waals surface area contributed by atoms with Gasteiger partial charge in [-0.3, -0.25) is 9.29 Å². The van der Waals surface area contributed by atoms with Gasteiger partial charge in [0.05, 0.1) is 25.3 Å². The fourth-order valence-electron chi connectivity index (χ4n) is 4.43. The van der Waals surface area contributed by atoms with E-state index in [2.05, 4.69) is 34.9 Å². The Morgan fingerprint density at radius 3 is 2.24 bits per heavy atom. The highest BCUT2D eigenvalue weighted by Gasteiger charge is 2.37. The summed E-state index contributed by atoms with van der Waals surface area (Å²) in [6.07, 6.45) is 5.33. The van der Waals surface area contributed by atoms with Gasteiger partial charge >= 0.3 is 0 Å². The maximum atomic E-state index is 13.6. The van der Waals surface area contributed by atoms with Gasteiger partial charge in [0.2, 0.25) is 27.7 Å². The molecule has 1 N–H and O–H groups in total. The molecule has 0 spiro atoms. The molecule has 16 heteroatoms. The van der Waals surface area contributed by atoms with Crippen LogP contribution in [0, 0.1) is 0 Å². The monoisotopic (exact) mass is 568 g/mol. The van der Waals surface area contributed by atoms with Crippen LogP contribution >= 0.6 is 11.6 Å². The van der Waals surface area contributed by atoms with E-state index >= 15 is 0 Å². The molecule has 0 saturated heterocycles. The topological polar surface area (TPSA) is 165 Å². The summed E-state index contributed by atoms with van der Waals surface area (Å²) in [7, 11) is 1.77. The van der Waals surface area contributed by atoms with Crippen molar-refractivity contribution in [3.8, 4) is 17.4 Å². The number of nitrogens with zero attached hydrogens (tertiary/aromatic N) is 7. The van der Waals surface area contributed by atoms with E-state index in [9.17, 15) is 8.42 Å². The molecule has 38 heavy (non-hydrogen) atoms. The van der Waals surface area contributed by atoms with E-state index in [4.69, 9.17) is 30.5 Å². The maximum absolute atomic E-state index is 13.6. The van der Waals surface area contributed by atoms with Gasteiger partial charge in [-0.1, -0.05) is 11.6 Å². The second-order valence-corrected chi connectivity index (χ2v) is 11.1. The first-order valence-corrected chi connectivity index (χ1v) is 13.6. The van der Waals surface area contributed by atoms with Gasteiger partial charge in [-0.25, -0.2) is 18.4 Å². The normalized spacial score (nSPS) is 19.2. The van der Waals surface area contributed by atoms with Crippen molar-refractivity contribution in [2.75, 3.05) is 33.2 Å². The van der Waals surface area contributed by atoms with E-state index in [-0.39, 0.29) is 41.2 Å². The summed E-state index contributed by atoms with van der Waals surface area (Å²) >= 11 is 5.88. The first-order valence-electron chi connectivity index (χ1n) is 11.7. The Hall–Kier alpha value is -3.14. The third-order valence-electron chi connectivity index (χ3n) is 6.43. The molecule has 3 heterocycles. The number of ether oxygens (including phenoxy) is 4. The molecule has 206 valence electrons. The van der Waals surface area contributed by atoms with Crippen LogP contribution in [-0.2, 0) is 19.5 Å². The van der Waals surface area contributed by atoms with Crippen molar-refractivity contribution in [3.05, 3.63) is 35.4 Å². The second kappa shape index (κ2) is 11.7. The molecule has 3 aromatic rings. The summed E-state index contributed by atoms with van der Waals surface area (Å²) in [5, 5.41) is 7.74. The number of hydrogen-bond acceptors (Lipinski definition) is 12. The number of hydrogen-bond donors (Lipinski definition) is 1. The largest absolute Gasteiger partial charge is 0.479 e. The van der Waals surface area contributed by atoms with Crippen LogP contribution in [0.3, 0.4) is 0 Å². The SMILES string of the molecule is COc1ncnc(OC)c1-n1c(NS(=O)(=O)[C@@H](C)[C@H](OC)c2ncc(Cl)cn2)nnc1C1CCC(OC)C1. The Morgan fingerprint density at radius 2 is 1.68 bits per heavy atom. The number of nitrogens with one attached hydrogen (secondary N) is 1. The summed E-state index contributed by atoms with van der Waals surface area (Å²) in [5.41, 5.74) is 0.257. The molecule has 0 radical (unpaired) electrons. The Labute approximate surface area is 225 Å². The van der Waals surface area contributed by atoms with Crippen molar-refractivity contribution in [2.45, 2.75) is 49.6 Å². The van der Waals surface area contributed by atoms with E-state index in [0.29, 0.717) is 17.3 Å². The van der Waals surface area contributed by atoms with Crippen LogP contribution in [0.5, 0.6) is 11.8 Å². The predicted octanol–water partition coefficient (Wildman–Crippen LogP) is 2.32. The number of sulfonamides is 1. The standard InChI is InChI=1S/C22H29ClN8O6S/c1-12(17(35-3)18-24-9-14(23)10-25-18)38(32,33)30-22-29-28-19(13-6-7-15(8-13)34-2)31(22)16-20(36-4)26-11-27-21(16)37-5/h9-13,15,17H,6-8H2,1-5H3,(H,29,30)/t12-,13?,15?,17-/m0/s1. The molecule has 1 saturated carbocycles. The van der Waals surface area contributed by atoms with Crippen molar-refractivity contribution in [2.24, 2.45) is 0 Å². The van der Waals surface area contributed by atoms with Gasteiger partial charge in [0.15, 0.2) is 11.5 Å². The van der Waals surface area contributed by atoms with Crippen LogP contribution in [0.4, 0.5) is 5.95 Å². The van der Waals surface area contributed by atoms with Crippen LogP contribution in [0.25, 0.3) is 5.69 Å². The van der Waals surface area contributed by atoms with E-state index in [1.54, 1.807) is 7.11 Å². The summed E-state index contributed by atoms with van der Waals surface area (Å²) in [6, 6.07) is 0. The van der Waals surface area contributed by atoms with Gasteiger partial charge in [-0.15, -0.1) is 10.2 Å². The molecule has 1 aliphatic carbocycles. The molecule has 0 aliphatic heterocycles. The highest BCUT2D eigenvalue weighted by Crippen LogP contribution is 2.40. The Bertz CT molecular complexity index is 1330. The Morgan fingerprint density at radius 1 is 1.03 bits per heavy atom. The zero-order valence-electron chi connectivity index (χ0n) is 21.5. The van der Waals surface area contributed by atoms with Crippen LogP contribution in [-0.4, -0.2) is 82.9 Å². The highest BCUT2D eigenvalue weighted by atomic mass is 35.5. The van der Waals surface area contributed by atoms with Crippen molar-refractivity contribution in [1.29, 1.82) is 0 Å². The average Bonchev–Trinajstić information content (AvgIpc) is 3.56. The van der Waals surface area contributed by atoms with E-state index < -0.39 is 21.4 Å². The summed E-state index contributed by atoms with van der Waals surface area (Å²) in [6.45, 7) is 1.48. The van der Waals surface area contributed by atoms with Crippen LogP contribution < -0.4 is 14.2 Å². The van der Waals surface area contributed by atoms with E-state index in [1.165, 1.54) is 51.5 Å². The summed E-state index contributed by atoms with van der Waals surface area (Å²) < 4.78 is 53.2. The minimum atomic E-state index is -4.14. The number of halogens is 1. The van der Waals surface area contributed by atoms with Crippen LogP contribution in [0.2, 0.25) is 5.02 Å². The lowest BCUT2D eigenvalue weighted by Gasteiger charge is -2.23. The van der Waals surface area contributed by atoms with Gasteiger partial charge in [0, 0.05) is 32.5 Å². The molecule has 4 rings (SSSR count). The minimum Gasteiger partial charge on any atom is -0.479 e. The molecule has 0 amide bonds. The van der Waals surface area contributed by atoms with E-state index in [0.717, 1.165) is 12.8 Å². The second-order valence-electron chi connectivity index (χ2n) is 8.59. The smallest absolute Gasteiger partial charge is 0.245 e. The lowest BCUT2D eigenvalue weighted by atomic mass is 10.1. The molecule has 0 aromatic carbocycles. The maximum Gasteiger partial charge on any atom is 0.245 e. The van der Waals surface area contributed by atoms with Gasteiger partial charge < -0.3 is 18.9 Å². The molecule has 14 nitrogen and oxygen atoms in total. The minimum absolute atomic E-state index is 0.0444. The molecule has 4 atom stereocenters. The highest BCUT2D eigenvalue weighted by molar-refractivity contribution is 7.93. The lowest BCUT2D eigenvalue weighted by molar-refractivity contribution is 0.0950. The lowest BCUT2D eigenvalue weighted by Crippen LogP contribution is -2.33. The average molecular weight is 569 g/mol. The van der Waals surface area contributed by atoms with Gasteiger partial charge in [-0.2, -0.15) is 9.97 Å². The number of aromatic nitrogens is 7. The zero-order valence-corrected chi connectivity index (χ0v) is 23.1. The fraction of sp³-hybridized carbons (Fsp3) is 0.545. The molecular weight excluding hydrogens is 540 g/mol. The van der Waals surface area contributed by atoms with Crippen molar-refractivity contribution in [1.82, 2.24) is 34.7 Å². The van der Waals surface area contributed by atoms with Gasteiger partial charge in [0.25, 0.3) is 0 Å². The molecule has 1 fully saturated rings. The first-order chi connectivity index (χ1) is 18.2. The van der Waals surface area contributed by atoms with Gasteiger partial charge in [0.1, 0.15) is 23.5 Å².